The Hall–Kier alpha value is -1.77. The van der Waals surface area contributed by atoms with Gasteiger partial charge in [0, 0.05) is 13.6 Å². The molecule has 0 saturated carbocycles. The van der Waals surface area contributed by atoms with Crippen LogP contribution >= 0.6 is 0 Å². The van der Waals surface area contributed by atoms with Gasteiger partial charge in [-0.1, -0.05) is 0 Å². The first-order valence-corrected chi connectivity index (χ1v) is 4.81. The Morgan fingerprint density at radius 3 is 2.53 bits per heavy atom. The van der Waals surface area contributed by atoms with E-state index in [2.05, 4.69) is 0 Å². The quantitative estimate of drug-likeness (QED) is 0.766. The molecule has 0 fully saturated rings. The number of benzene rings is 1. The van der Waals surface area contributed by atoms with Gasteiger partial charge in [0.1, 0.15) is 11.9 Å². The molecule has 0 amide bonds. The van der Waals surface area contributed by atoms with E-state index in [9.17, 15) is 17.6 Å². The van der Waals surface area contributed by atoms with Gasteiger partial charge in [0.15, 0.2) is 0 Å². The van der Waals surface area contributed by atoms with Crippen LogP contribution < -0.4 is 4.90 Å². The molecule has 0 heterocycles. The van der Waals surface area contributed by atoms with Crippen molar-refractivity contribution in [3.8, 4) is 6.07 Å². The summed E-state index contributed by atoms with van der Waals surface area (Å²) in [5.74, 6) is -0.588. The van der Waals surface area contributed by atoms with Crippen LogP contribution in [-0.4, -0.2) is 19.8 Å². The Kier molecular flexibility index (Phi) is 3.94. The highest BCUT2D eigenvalue weighted by Crippen LogP contribution is 2.24. The number of anilines is 1. The Morgan fingerprint density at radius 1 is 1.35 bits per heavy atom. The van der Waals surface area contributed by atoms with Gasteiger partial charge in [-0.2, -0.15) is 18.4 Å². The maximum atomic E-state index is 12.8. The van der Waals surface area contributed by atoms with E-state index >= 15 is 0 Å². The molecule has 17 heavy (non-hydrogen) atoms. The van der Waals surface area contributed by atoms with Gasteiger partial charge in [0.25, 0.3) is 0 Å². The summed E-state index contributed by atoms with van der Waals surface area (Å²) in [7, 11) is 1.43. The maximum Gasteiger partial charge on any atom is 0.390 e. The lowest BCUT2D eigenvalue weighted by atomic mass is 10.1. The molecule has 0 aliphatic rings. The average Bonchev–Trinajstić information content (AvgIpc) is 2.24. The van der Waals surface area contributed by atoms with Crippen molar-refractivity contribution < 1.29 is 17.6 Å². The van der Waals surface area contributed by atoms with E-state index in [0.29, 0.717) is 0 Å². The number of hydrogen-bond acceptors (Lipinski definition) is 2. The fourth-order valence-electron chi connectivity index (χ4n) is 1.35. The maximum absolute atomic E-state index is 12.8. The molecule has 1 rings (SSSR count). The van der Waals surface area contributed by atoms with Crippen molar-refractivity contribution in [1.82, 2.24) is 0 Å². The smallest absolute Gasteiger partial charge is 0.373 e. The lowest BCUT2D eigenvalue weighted by Gasteiger charge is -2.21. The average molecular weight is 246 g/mol. The molecule has 0 radical (unpaired) electrons. The first kappa shape index (κ1) is 13.3. The Balaban J connectivity index is 2.83. The summed E-state index contributed by atoms with van der Waals surface area (Å²) in [5.41, 5.74) is 0.313. The van der Waals surface area contributed by atoms with Crippen LogP contribution in [0.1, 0.15) is 12.0 Å². The Morgan fingerprint density at radius 2 is 2.00 bits per heavy atom. The van der Waals surface area contributed by atoms with Crippen LogP contribution in [0.4, 0.5) is 23.2 Å². The fraction of sp³-hybridized carbons (Fsp3) is 0.364. The van der Waals surface area contributed by atoms with E-state index in [1.54, 1.807) is 6.07 Å². The first-order valence-electron chi connectivity index (χ1n) is 4.81. The summed E-state index contributed by atoms with van der Waals surface area (Å²) in [6, 6.07) is 5.16. The molecule has 92 valence electrons. The highest BCUT2D eigenvalue weighted by molar-refractivity contribution is 5.58. The Bertz CT molecular complexity index is 434. The molecule has 0 bridgehead atoms. The molecule has 0 N–H and O–H groups in total. The third-order valence-electron chi connectivity index (χ3n) is 2.22. The number of nitrogens with zero attached hydrogens (tertiary/aromatic N) is 2. The van der Waals surface area contributed by atoms with Gasteiger partial charge < -0.3 is 4.90 Å². The summed E-state index contributed by atoms with van der Waals surface area (Å²) in [6.07, 6.45) is -5.23. The summed E-state index contributed by atoms with van der Waals surface area (Å²) in [5, 5.41) is 8.75. The van der Waals surface area contributed by atoms with Crippen LogP contribution in [0.25, 0.3) is 0 Å². The van der Waals surface area contributed by atoms with Crippen LogP contribution in [0.2, 0.25) is 0 Å². The first-order chi connectivity index (χ1) is 7.83. The number of halogens is 4. The predicted octanol–water partition coefficient (Wildman–Crippen LogP) is 3.09. The number of alkyl halides is 3. The van der Waals surface area contributed by atoms with Gasteiger partial charge in [-0.3, -0.25) is 0 Å². The van der Waals surface area contributed by atoms with Crippen LogP contribution in [0.5, 0.6) is 0 Å². The molecule has 0 saturated heterocycles. The zero-order valence-corrected chi connectivity index (χ0v) is 9.05. The molecule has 1 aromatic carbocycles. The van der Waals surface area contributed by atoms with Crippen molar-refractivity contribution >= 4 is 5.69 Å². The zero-order valence-electron chi connectivity index (χ0n) is 9.05. The van der Waals surface area contributed by atoms with Crippen LogP contribution in [-0.2, 0) is 0 Å². The molecule has 1 aromatic rings. The molecule has 6 heteroatoms. The molecule has 2 nitrogen and oxygen atoms in total. The minimum absolute atomic E-state index is 0.0228. The minimum atomic E-state index is -4.25. The second kappa shape index (κ2) is 5.04. The molecule has 0 aliphatic carbocycles. The molecular formula is C11H10F4N2. The van der Waals surface area contributed by atoms with E-state index in [4.69, 9.17) is 5.26 Å². The Labute approximate surface area is 96.1 Å². The van der Waals surface area contributed by atoms with Gasteiger partial charge in [0.2, 0.25) is 0 Å². The third-order valence-corrected chi connectivity index (χ3v) is 2.22. The second-order valence-corrected chi connectivity index (χ2v) is 3.56. The topological polar surface area (TPSA) is 27.0 Å². The molecule has 0 unspecified atom stereocenters. The largest absolute Gasteiger partial charge is 0.390 e. The normalized spacial score (nSPS) is 11.1. The van der Waals surface area contributed by atoms with E-state index < -0.39 is 18.4 Å². The van der Waals surface area contributed by atoms with Crippen LogP contribution in [0.15, 0.2) is 18.2 Å². The van der Waals surface area contributed by atoms with E-state index in [-0.39, 0.29) is 17.8 Å². The van der Waals surface area contributed by atoms with Crippen LogP contribution in [0, 0.1) is 17.1 Å². The van der Waals surface area contributed by atoms with Gasteiger partial charge in [-0.05, 0) is 18.2 Å². The predicted molar refractivity (Wildman–Crippen MR) is 55.1 cm³/mol. The molecule has 0 spiro atoms. The van der Waals surface area contributed by atoms with Crippen molar-refractivity contribution in [2.45, 2.75) is 12.6 Å². The van der Waals surface area contributed by atoms with Crippen LogP contribution in [0.3, 0.4) is 0 Å². The molecular weight excluding hydrogens is 236 g/mol. The molecule has 0 atom stereocenters. The van der Waals surface area contributed by atoms with Crippen molar-refractivity contribution in [1.29, 1.82) is 5.26 Å². The second-order valence-electron chi connectivity index (χ2n) is 3.56. The monoisotopic (exact) mass is 246 g/mol. The highest BCUT2D eigenvalue weighted by atomic mass is 19.4. The van der Waals surface area contributed by atoms with Crippen molar-refractivity contribution in [3.63, 3.8) is 0 Å². The molecule has 0 aromatic heterocycles. The van der Waals surface area contributed by atoms with Gasteiger partial charge in [0.05, 0.1) is 17.7 Å². The van der Waals surface area contributed by atoms with Gasteiger partial charge >= 0.3 is 6.18 Å². The standard InChI is InChI=1S/C11H10F4N2/c1-17(5-4-11(13,14)15)10-3-2-9(12)6-8(10)7-16/h2-3,6H,4-5H2,1H3. The van der Waals surface area contributed by atoms with Crippen molar-refractivity contribution in [3.05, 3.63) is 29.6 Å². The minimum Gasteiger partial charge on any atom is -0.373 e. The number of nitriles is 1. The highest BCUT2D eigenvalue weighted by Gasteiger charge is 2.27. The summed E-state index contributed by atoms with van der Waals surface area (Å²) in [4.78, 5) is 1.28. The lowest BCUT2D eigenvalue weighted by Crippen LogP contribution is -2.24. The SMILES string of the molecule is CN(CCC(F)(F)F)c1ccc(F)cc1C#N. The number of hydrogen-bond donors (Lipinski definition) is 0. The zero-order chi connectivity index (χ0) is 13.1. The van der Waals surface area contributed by atoms with Gasteiger partial charge in [-0.25, -0.2) is 4.39 Å². The lowest BCUT2D eigenvalue weighted by molar-refractivity contribution is -0.132. The summed E-state index contributed by atoms with van der Waals surface area (Å²) in [6.45, 7) is -0.274. The van der Waals surface area contributed by atoms with E-state index in [1.165, 1.54) is 18.0 Å². The fourth-order valence-corrected chi connectivity index (χ4v) is 1.35. The summed E-state index contributed by atoms with van der Waals surface area (Å²) < 4.78 is 48.9. The van der Waals surface area contributed by atoms with E-state index in [0.717, 1.165) is 12.1 Å². The van der Waals surface area contributed by atoms with Gasteiger partial charge in [-0.15, -0.1) is 0 Å². The third kappa shape index (κ3) is 3.94. The number of rotatable bonds is 3. The van der Waals surface area contributed by atoms with Crippen molar-refractivity contribution in [2.24, 2.45) is 0 Å². The van der Waals surface area contributed by atoms with Crippen molar-refractivity contribution in [2.75, 3.05) is 18.5 Å². The van der Waals surface area contributed by atoms with E-state index in [1.807, 2.05) is 0 Å². The summed E-state index contributed by atoms with van der Waals surface area (Å²) >= 11 is 0. The molecule has 0 aliphatic heterocycles.